The maximum atomic E-state index is 12.3. The van der Waals surface area contributed by atoms with Crippen molar-refractivity contribution in [2.24, 2.45) is 5.41 Å². The highest BCUT2D eigenvalue weighted by Gasteiger charge is 2.19. The van der Waals surface area contributed by atoms with Crippen molar-refractivity contribution in [2.75, 3.05) is 32.6 Å². The summed E-state index contributed by atoms with van der Waals surface area (Å²) < 4.78 is 5.10. The second kappa shape index (κ2) is 7.29. The lowest BCUT2D eigenvalue weighted by Crippen LogP contribution is -2.35. The molecule has 4 nitrogen and oxygen atoms in total. The number of nitrogens with one attached hydrogen (secondary N) is 2. The summed E-state index contributed by atoms with van der Waals surface area (Å²) in [5.41, 5.74) is 2.69. The first-order chi connectivity index (χ1) is 9.39. The average Bonchev–Trinajstić information content (AvgIpc) is 2.42. The number of benzene rings is 1. The SMILES string of the molecule is CNc1cc(C)ccc1C(=O)NCC(C)(C)CCOC. The Morgan fingerprint density at radius 3 is 2.65 bits per heavy atom. The number of rotatable bonds is 7. The molecule has 1 rings (SSSR count). The molecule has 112 valence electrons. The third-order valence-corrected chi connectivity index (χ3v) is 3.40. The molecule has 0 heterocycles. The summed E-state index contributed by atoms with van der Waals surface area (Å²) in [5, 5.41) is 6.08. The van der Waals surface area contributed by atoms with Crippen molar-refractivity contribution in [2.45, 2.75) is 27.2 Å². The molecule has 0 bridgehead atoms. The van der Waals surface area contributed by atoms with Crippen molar-refractivity contribution in [3.8, 4) is 0 Å². The topological polar surface area (TPSA) is 50.4 Å². The molecule has 0 atom stereocenters. The van der Waals surface area contributed by atoms with Crippen LogP contribution in [0.4, 0.5) is 5.69 Å². The van der Waals surface area contributed by atoms with E-state index in [2.05, 4.69) is 24.5 Å². The molecule has 0 aliphatic carbocycles. The zero-order valence-electron chi connectivity index (χ0n) is 13.2. The predicted octanol–water partition coefficient (Wildman–Crippen LogP) is 2.83. The van der Waals surface area contributed by atoms with Gasteiger partial charge in [0.2, 0.25) is 0 Å². The lowest BCUT2D eigenvalue weighted by molar-refractivity contribution is 0.0921. The molecule has 1 aromatic carbocycles. The van der Waals surface area contributed by atoms with Crippen LogP contribution in [0.2, 0.25) is 0 Å². The van der Waals surface area contributed by atoms with Gasteiger partial charge in [0.15, 0.2) is 0 Å². The number of amides is 1. The maximum Gasteiger partial charge on any atom is 0.253 e. The Morgan fingerprint density at radius 2 is 2.05 bits per heavy atom. The Hall–Kier alpha value is -1.55. The Bertz CT molecular complexity index is 456. The monoisotopic (exact) mass is 278 g/mol. The average molecular weight is 278 g/mol. The van der Waals surface area contributed by atoms with E-state index in [1.54, 1.807) is 7.11 Å². The van der Waals surface area contributed by atoms with Gasteiger partial charge in [-0.3, -0.25) is 4.79 Å². The van der Waals surface area contributed by atoms with E-state index >= 15 is 0 Å². The molecule has 0 saturated heterocycles. The molecule has 2 N–H and O–H groups in total. The van der Waals surface area contributed by atoms with Crippen LogP contribution in [0.1, 0.15) is 36.2 Å². The van der Waals surface area contributed by atoms with E-state index in [4.69, 9.17) is 4.74 Å². The summed E-state index contributed by atoms with van der Waals surface area (Å²) in [4.78, 5) is 12.3. The van der Waals surface area contributed by atoms with Gasteiger partial charge in [0.25, 0.3) is 5.91 Å². The maximum absolute atomic E-state index is 12.3. The molecule has 0 spiro atoms. The highest BCUT2D eigenvalue weighted by atomic mass is 16.5. The number of hydrogen-bond acceptors (Lipinski definition) is 3. The van der Waals surface area contributed by atoms with E-state index in [-0.39, 0.29) is 11.3 Å². The summed E-state index contributed by atoms with van der Waals surface area (Å²) in [6.45, 7) is 7.60. The van der Waals surface area contributed by atoms with Crippen molar-refractivity contribution in [1.29, 1.82) is 0 Å². The molecule has 0 radical (unpaired) electrons. The molecular weight excluding hydrogens is 252 g/mol. The summed E-state index contributed by atoms with van der Waals surface area (Å²) >= 11 is 0. The van der Waals surface area contributed by atoms with Crippen LogP contribution < -0.4 is 10.6 Å². The van der Waals surface area contributed by atoms with Gasteiger partial charge < -0.3 is 15.4 Å². The zero-order chi connectivity index (χ0) is 15.2. The van der Waals surface area contributed by atoms with E-state index in [0.29, 0.717) is 18.7 Å². The van der Waals surface area contributed by atoms with Crippen LogP contribution in [0.5, 0.6) is 0 Å². The summed E-state index contributed by atoms with van der Waals surface area (Å²) in [6, 6.07) is 5.79. The largest absolute Gasteiger partial charge is 0.387 e. The van der Waals surface area contributed by atoms with Crippen LogP contribution >= 0.6 is 0 Å². The first kappa shape index (κ1) is 16.5. The Balaban J connectivity index is 2.67. The van der Waals surface area contributed by atoms with Crippen molar-refractivity contribution in [3.63, 3.8) is 0 Å². The van der Waals surface area contributed by atoms with E-state index in [1.165, 1.54) is 0 Å². The predicted molar refractivity (Wildman–Crippen MR) is 83.3 cm³/mol. The molecule has 0 aliphatic rings. The molecule has 1 aromatic rings. The molecule has 20 heavy (non-hydrogen) atoms. The number of ether oxygens (including phenoxy) is 1. The van der Waals surface area contributed by atoms with Crippen molar-refractivity contribution >= 4 is 11.6 Å². The quantitative estimate of drug-likeness (QED) is 0.806. The van der Waals surface area contributed by atoms with Gasteiger partial charge in [-0.15, -0.1) is 0 Å². The number of methoxy groups -OCH3 is 1. The Labute approximate surface area is 121 Å². The Kier molecular flexibility index (Phi) is 6.02. The standard InChI is InChI=1S/C16H26N2O2/c1-12-6-7-13(14(10-12)17-4)15(19)18-11-16(2,3)8-9-20-5/h6-7,10,17H,8-9,11H2,1-5H3,(H,18,19). The fourth-order valence-electron chi connectivity index (χ4n) is 1.94. The molecule has 0 fully saturated rings. The third-order valence-electron chi connectivity index (χ3n) is 3.40. The molecule has 0 aromatic heterocycles. The van der Waals surface area contributed by atoms with Crippen LogP contribution in [0.15, 0.2) is 18.2 Å². The molecule has 0 unspecified atom stereocenters. The zero-order valence-corrected chi connectivity index (χ0v) is 13.2. The highest BCUT2D eigenvalue weighted by Crippen LogP contribution is 2.20. The van der Waals surface area contributed by atoms with Crippen molar-refractivity contribution in [3.05, 3.63) is 29.3 Å². The molecule has 4 heteroatoms. The lowest BCUT2D eigenvalue weighted by atomic mass is 9.89. The molecule has 1 amide bonds. The molecular formula is C16H26N2O2. The fourth-order valence-corrected chi connectivity index (χ4v) is 1.94. The number of aryl methyl sites for hydroxylation is 1. The third kappa shape index (κ3) is 4.85. The second-order valence-electron chi connectivity index (χ2n) is 5.89. The van der Waals surface area contributed by atoms with Gasteiger partial charge in [-0.25, -0.2) is 0 Å². The van der Waals surface area contributed by atoms with E-state index in [1.807, 2.05) is 32.2 Å². The fraction of sp³-hybridized carbons (Fsp3) is 0.562. The highest BCUT2D eigenvalue weighted by molar-refractivity contribution is 5.99. The number of carbonyl (C=O) groups excluding carboxylic acids is 1. The van der Waals surface area contributed by atoms with Gasteiger partial charge in [0, 0.05) is 33.0 Å². The number of hydrogen-bond donors (Lipinski definition) is 2. The first-order valence-corrected chi connectivity index (χ1v) is 6.95. The van der Waals surface area contributed by atoms with Gasteiger partial charge in [0.05, 0.1) is 5.56 Å². The lowest BCUT2D eigenvalue weighted by Gasteiger charge is -2.24. The normalized spacial score (nSPS) is 11.2. The van der Waals surface area contributed by atoms with Gasteiger partial charge in [-0.05, 0) is 36.5 Å². The van der Waals surface area contributed by atoms with Crippen LogP contribution in [0.3, 0.4) is 0 Å². The second-order valence-corrected chi connectivity index (χ2v) is 5.89. The van der Waals surface area contributed by atoms with Crippen LogP contribution in [-0.4, -0.2) is 33.2 Å². The number of anilines is 1. The minimum absolute atomic E-state index is 0.0240. The van der Waals surface area contributed by atoms with Crippen LogP contribution in [0.25, 0.3) is 0 Å². The Morgan fingerprint density at radius 1 is 1.35 bits per heavy atom. The van der Waals surface area contributed by atoms with E-state index < -0.39 is 0 Å². The van der Waals surface area contributed by atoms with Crippen molar-refractivity contribution < 1.29 is 9.53 Å². The summed E-state index contributed by atoms with van der Waals surface area (Å²) in [6.07, 6.45) is 0.913. The van der Waals surface area contributed by atoms with Crippen molar-refractivity contribution in [1.82, 2.24) is 5.32 Å². The minimum atomic E-state index is -0.0418. The number of carbonyl (C=O) groups is 1. The molecule has 0 saturated carbocycles. The van der Waals surface area contributed by atoms with E-state index in [9.17, 15) is 4.79 Å². The van der Waals surface area contributed by atoms with Gasteiger partial charge >= 0.3 is 0 Å². The van der Waals surface area contributed by atoms with Gasteiger partial charge in [-0.2, -0.15) is 0 Å². The van der Waals surface area contributed by atoms with E-state index in [0.717, 1.165) is 17.7 Å². The van der Waals surface area contributed by atoms with Crippen LogP contribution in [-0.2, 0) is 4.74 Å². The van der Waals surface area contributed by atoms with Gasteiger partial charge in [0.1, 0.15) is 0 Å². The first-order valence-electron chi connectivity index (χ1n) is 6.95. The molecule has 0 aliphatic heterocycles. The van der Waals surface area contributed by atoms with Gasteiger partial charge in [-0.1, -0.05) is 19.9 Å². The smallest absolute Gasteiger partial charge is 0.253 e. The van der Waals surface area contributed by atoms with Crippen LogP contribution in [0, 0.1) is 12.3 Å². The summed E-state index contributed by atoms with van der Waals surface area (Å²) in [5.74, 6) is -0.0418. The summed E-state index contributed by atoms with van der Waals surface area (Å²) in [7, 11) is 3.52. The minimum Gasteiger partial charge on any atom is -0.387 e.